The number of nitrogens with zero attached hydrogens (tertiary/aromatic N) is 1. The number of rotatable bonds is 4. The van der Waals surface area contributed by atoms with E-state index in [2.05, 4.69) is 41.5 Å². The van der Waals surface area contributed by atoms with Gasteiger partial charge in [0.1, 0.15) is 0 Å². The van der Waals surface area contributed by atoms with Crippen LogP contribution in [-0.2, 0) is 13.0 Å². The maximum atomic E-state index is 6.04. The molecule has 2 aromatic rings. The summed E-state index contributed by atoms with van der Waals surface area (Å²) in [7, 11) is 0. The van der Waals surface area contributed by atoms with Crippen LogP contribution in [0.25, 0.3) is 0 Å². The van der Waals surface area contributed by atoms with Crippen molar-refractivity contribution in [2.24, 2.45) is 0 Å². The van der Waals surface area contributed by atoms with Crippen LogP contribution in [0.4, 0.5) is 5.69 Å². The van der Waals surface area contributed by atoms with E-state index in [1.807, 2.05) is 6.07 Å². The number of nitrogens with one attached hydrogen (secondary N) is 1. The highest BCUT2D eigenvalue weighted by Crippen LogP contribution is 2.20. The van der Waals surface area contributed by atoms with Crippen molar-refractivity contribution in [2.45, 2.75) is 19.9 Å². The molecule has 0 fully saturated rings. The molecule has 1 heterocycles. The molecule has 0 aliphatic carbocycles. The Morgan fingerprint density at radius 2 is 1.94 bits per heavy atom. The molecule has 0 aliphatic heterocycles. The molecule has 0 saturated heterocycles. The van der Waals surface area contributed by atoms with Crippen LogP contribution in [0.2, 0.25) is 5.02 Å². The van der Waals surface area contributed by atoms with Crippen LogP contribution in [0.3, 0.4) is 0 Å². The first kappa shape index (κ1) is 11.9. The van der Waals surface area contributed by atoms with Gasteiger partial charge in [-0.1, -0.05) is 42.8 Å². The second-order valence-corrected chi connectivity index (χ2v) is 4.24. The summed E-state index contributed by atoms with van der Waals surface area (Å²) in [4.78, 5) is 3.96. The zero-order valence-corrected chi connectivity index (χ0v) is 10.5. The van der Waals surface area contributed by atoms with Crippen molar-refractivity contribution in [3.8, 4) is 0 Å². The smallest absolute Gasteiger partial charge is 0.0820 e. The summed E-state index contributed by atoms with van der Waals surface area (Å²) in [6.07, 6.45) is 4.43. The van der Waals surface area contributed by atoms with Gasteiger partial charge < -0.3 is 5.32 Å². The van der Waals surface area contributed by atoms with E-state index < -0.39 is 0 Å². The van der Waals surface area contributed by atoms with Crippen LogP contribution >= 0.6 is 11.6 Å². The van der Waals surface area contributed by atoms with Gasteiger partial charge >= 0.3 is 0 Å². The van der Waals surface area contributed by atoms with Gasteiger partial charge in [0.2, 0.25) is 0 Å². The SMILES string of the molecule is CCc1ccccc1CNc1ccncc1Cl. The van der Waals surface area contributed by atoms with E-state index in [4.69, 9.17) is 11.6 Å². The monoisotopic (exact) mass is 246 g/mol. The highest BCUT2D eigenvalue weighted by Gasteiger charge is 2.01. The Balaban J connectivity index is 2.10. The number of aryl methyl sites for hydroxylation is 1. The summed E-state index contributed by atoms with van der Waals surface area (Å²) in [6, 6.07) is 10.3. The third kappa shape index (κ3) is 2.98. The van der Waals surface area contributed by atoms with E-state index in [0.29, 0.717) is 5.02 Å². The van der Waals surface area contributed by atoms with Crippen molar-refractivity contribution >= 4 is 17.3 Å². The Morgan fingerprint density at radius 1 is 1.18 bits per heavy atom. The van der Waals surface area contributed by atoms with Crippen molar-refractivity contribution in [3.63, 3.8) is 0 Å². The fourth-order valence-corrected chi connectivity index (χ4v) is 1.97. The lowest BCUT2D eigenvalue weighted by atomic mass is 10.1. The minimum atomic E-state index is 0.654. The summed E-state index contributed by atoms with van der Waals surface area (Å²) in [6.45, 7) is 2.95. The third-order valence-electron chi connectivity index (χ3n) is 2.74. The van der Waals surface area contributed by atoms with Crippen molar-refractivity contribution in [2.75, 3.05) is 5.32 Å². The lowest BCUT2D eigenvalue weighted by Gasteiger charge is -2.11. The first-order valence-corrected chi connectivity index (χ1v) is 6.09. The van der Waals surface area contributed by atoms with E-state index in [1.54, 1.807) is 12.4 Å². The quantitative estimate of drug-likeness (QED) is 0.885. The summed E-state index contributed by atoms with van der Waals surface area (Å²) in [5, 5.41) is 3.99. The topological polar surface area (TPSA) is 24.9 Å². The van der Waals surface area contributed by atoms with Crippen molar-refractivity contribution < 1.29 is 0 Å². The second-order valence-electron chi connectivity index (χ2n) is 3.83. The molecule has 0 spiro atoms. The molecule has 17 heavy (non-hydrogen) atoms. The summed E-state index contributed by atoms with van der Waals surface area (Å²) in [5.41, 5.74) is 3.60. The molecule has 2 rings (SSSR count). The molecule has 0 atom stereocenters. The molecule has 88 valence electrons. The zero-order chi connectivity index (χ0) is 12.1. The molecule has 0 saturated carbocycles. The van der Waals surface area contributed by atoms with Gasteiger partial charge in [0.25, 0.3) is 0 Å². The Labute approximate surface area is 107 Å². The maximum absolute atomic E-state index is 6.04. The predicted octanol–water partition coefficient (Wildman–Crippen LogP) is 3.91. The Hall–Kier alpha value is -1.54. The molecular formula is C14H15ClN2. The van der Waals surface area contributed by atoms with Crippen LogP contribution in [0.15, 0.2) is 42.7 Å². The van der Waals surface area contributed by atoms with Gasteiger partial charge in [0.05, 0.1) is 10.7 Å². The number of pyridine rings is 1. The number of hydrogen-bond acceptors (Lipinski definition) is 2. The van der Waals surface area contributed by atoms with Crippen LogP contribution in [-0.4, -0.2) is 4.98 Å². The Bertz CT molecular complexity index is 497. The van der Waals surface area contributed by atoms with Gasteiger partial charge in [-0.2, -0.15) is 0 Å². The van der Waals surface area contributed by atoms with Gasteiger partial charge in [0, 0.05) is 18.9 Å². The average Bonchev–Trinajstić information content (AvgIpc) is 2.38. The highest BCUT2D eigenvalue weighted by molar-refractivity contribution is 6.33. The van der Waals surface area contributed by atoms with Crippen LogP contribution < -0.4 is 5.32 Å². The van der Waals surface area contributed by atoms with Gasteiger partial charge in [0.15, 0.2) is 0 Å². The van der Waals surface area contributed by atoms with E-state index in [-0.39, 0.29) is 0 Å². The lowest BCUT2D eigenvalue weighted by Crippen LogP contribution is -2.02. The third-order valence-corrected chi connectivity index (χ3v) is 3.04. The second kappa shape index (κ2) is 5.69. The molecule has 0 unspecified atom stereocenters. The molecule has 2 nitrogen and oxygen atoms in total. The molecule has 0 radical (unpaired) electrons. The van der Waals surface area contributed by atoms with Gasteiger partial charge in [-0.15, -0.1) is 0 Å². The Morgan fingerprint density at radius 3 is 2.65 bits per heavy atom. The first-order chi connectivity index (χ1) is 8.31. The zero-order valence-electron chi connectivity index (χ0n) is 9.78. The van der Waals surface area contributed by atoms with E-state index in [0.717, 1.165) is 18.7 Å². The fourth-order valence-electron chi connectivity index (χ4n) is 1.78. The fraction of sp³-hybridized carbons (Fsp3) is 0.214. The number of anilines is 1. The molecule has 1 aromatic carbocycles. The highest BCUT2D eigenvalue weighted by atomic mass is 35.5. The van der Waals surface area contributed by atoms with E-state index in [9.17, 15) is 0 Å². The largest absolute Gasteiger partial charge is 0.380 e. The van der Waals surface area contributed by atoms with Crippen LogP contribution in [0.5, 0.6) is 0 Å². The van der Waals surface area contributed by atoms with Crippen molar-refractivity contribution in [1.82, 2.24) is 4.98 Å². The van der Waals surface area contributed by atoms with Gasteiger partial charge in [-0.05, 0) is 23.6 Å². The minimum absolute atomic E-state index is 0.654. The van der Waals surface area contributed by atoms with Gasteiger partial charge in [-0.3, -0.25) is 4.98 Å². The molecule has 0 bridgehead atoms. The molecule has 1 N–H and O–H groups in total. The predicted molar refractivity (Wildman–Crippen MR) is 72.4 cm³/mol. The number of aromatic nitrogens is 1. The standard InChI is InChI=1S/C14H15ClN2/c1-2-11-5-3-4-6-12(11)9-17-14-7-8-16-10-13(14)15/h3-8,10H,2,9H2,1H3,(H,16,17). The van der Waals surface area contributed by atoms with Gasteiger partial charge in [-0.25, -0.2) is 0 Å². The molecular weight excluding hydrogens is 232 g/mol. The van der Waals surface area contributed by atoms with E-state index in [1.165, 1.54) is 11.1 Å². The normalized spacial score (nSPS) is 10.2. The van der Waals surface area contributed by atoms with Crippen molar-refractivity contribution in [3.05, 3.63) is 58.9 Å². The molecule has 3 heteroatoms. The van der Waals surface area contributed by atoms with Crippen LogP contribution in [0.1, 0.15) is 18.1 Å². The molecule has 1 aromatic heterocycles. The summed E-state index contributed by atoms with van der Waals surface area (Å²) in [5.74, 6) is 0. The van der Waals surface area contributed by atoms with Crippen molar-refractivity contribution in [1.29, 1.82) is 0 Å². The van der Waals surface area contributed by atoms with Crippen LogP contribution in [0, 0.1) is 0 Å². The summed E-state index contributed by atoms with van der Waals surface area (Å²) < 4.78 is 0. The molecule has 0 aliphatic rings. The number of hydrogen-bond donors (Lipinski definition) is 1. The van der Waals surface area contributed by atoms with E-state index >= 15 is 0 Å². The lowest BCUT2D eigenvalue weighted by molar-refractivity contribution is 1.04. The average molecular weight is 247 g/mol. The Kier molecular flexibility index (Phi) is 3.99. The first-order valence-electron chi connectivity index (χ1n) is 5.71. The number of benzene rings is 1. The number of halogens is 1. The summed E-state index contributed by atoms with van der Waals surface area (Å²) >= 11 is 6.04. The minimum Gasteiger partial charge on any atom is -0.380 e. The maximum Gasteiger partial charge on any atom is 0.0820 e. The molecule has 0 amide bonds.